The predicted octanol–water partition coefficient (Wildman–Crippen LogP) is 0.883. The molecule has 3 rings (SSSR count). The van der Waals surface area contributed by atoms with Gasteiger partial charge in [0.25, 0.3) is 5.91 Å². The minimum atomic E-state index is -0.263. The summed E-state index contributed by atoms with van der Waals surface area (Å²) in [5.74, 6) is 0.436. The Hall–Kier alpha value is -3.16. The number of H-pyrrole nitrogens is 1. The summed E-state index contributed by atoms with van der Waals surface area (Å²) in [6.07, 6.45) is 0.477. The summed E-state index contributed by atoms with van der Waals surface area (Å²) in [4.78, 5) is 23.5. The van der Waals surface area contributed by atoms with Crippen LogP contribution in [0.5, 0.6) is 0 Å². The van der Waals surface area contributed by atoms with E-state index < -0.39 is 0 Å². The van der Waals surface area contributed by atoms with E-state index >= 15 is 0 Å². The van der Waals surface area contributed by atoms with Crippen molar-refractivity contribution in [3.05, 3.63) is 63.6 Å². The lowest BCUT2D eigenvalue weighted by Crippen LogP contribution is -2.27. The van der Waals surface area contributed by atoms with Gasteiger partial charge in [-0.15, -0.1) is 0 Å². The average Bonchev–Trinajstić information content (AvgIpc) is 3.10. The Morgan fingerprint density at radius 2 is 1.96 bits per heavy atom. The standard InChI is InChI=1S/C17H20N6O2/c1-11-10-12(2)23(21-11)14-6-4-13(5-7-14)16(24)18-9-8-15-19-20-17(25)22(15)3/h4-7,10H,8-9H2,1-3H3,(H,18,24)(H,20,25). The number of benzene rings is 1. The molecule has 2 heterocycles. The van der Waals surface area contributed by atoms with Crippen LogP contribution in [0.3, 0.4) is 0 Å². The molecule has 0 aliphatic carbocycles. The van der Waals surface area contributed by atoms with E-state index in [-0.39, 0.29) is 11.6 Å². The first-order valence-corrected chi connectivity index (χ1v) is 7.98. The van der Waals surface area contributed by atoms with E-state index in [1.54, 1.807) is 19.2 Å². The minimum absolute atomic E-state index is 0.166. The van der Waals surface area contributed by atoms with Crippen LogP contribution in [-0.2, 0) is 13.5 Å². The Kier molecular flexibility index (Phi) is 4.51. The second kappa shape index (κ2) is 6.76. The maximum Gasteiger partial charge on any atom is 0.343 e. The van der Waals surface area contributed by atoms with Gasteiger partial charge < -0.3 is 5.32 Å². The zero-order valence-corrected chi connectivity index (χ0v) is 14.4. The summed E-state index contributed by atoms with van der Waals surface area (Å²) < 4.78 is 3.27. The largest absolute Gasteiger partial charge is 0.352 e. The van der Waals surface area contributed by atoms with Crippen molar-refractivity contribution < 1.29 is 4.79 Å². The monoisotopic (exact) mass is 340 g/mol. The van der Waals surface area contributed by atoms with Gasteiger partial charge in [0, 0.05) is 31.3 Å². The molecular weight excluding hydrogens is 320 g/mol. The molecule has 8 nitrogen and oxygen atoms in total. The molecule has 0 aliphatic rings. The van der Waals surface area contributed by atoms with Crippen LogP contribution in [0.15, 0.2) is 35.1 Å². The Morgan fingerprint density at radius 3 is 2.52 bits per heavy atom. The number of carbonyl (C=O) groups is 1. The Bertz CT molecular complexity index is 948. The fraction of sp³-hybridized carbons (Fsp3) is 0.294. The topological polar surface area (TPSA) is 97.6 Å². The van der Waals surface area contributed by atoms with Crippen molar-refractivity contribution in [1.29, 1.82) is 0 Å². The molecule has 0 unspecified atom stereocenters. The highest BCUT2D eigenvalue weighted by Gasteiger charge is 2.09. The molecule has 2 aromatic heterocycles. The summed E-state index contributed by atoms with van der Waals surface area (Å²) in [5, 5.41) is 13.5. The van der Waals surface area contributed by atoms with E-state index in [1.807, 2.05) is 36.7 Å². The van der Waals surface area contributed by atoms with Crippen LogP contribution >= 0.6 is 0 Å². The van der Waals surface area contributed by atoms with Crippen LogP contribution in [0.4, 0.5) is 0 Å². The van der Waals surface area contributed by atoms with Gasteiger partial charge in [-0.1, -0.05) is 0 Å². The quantitative estimate of drug-likeness (QED) is 0.720. The lowest BCUT2D eigenvalue weighted by molar-refractivity contribution is 0.0954. The Morgan fingerprint density at radius 1 is 1.24 bits per heavy atom. The predicted molar refractivity (Wildman–Crippen MR) is 92.9 cm³/mol. The zero-order chi connectivity index (χ0) is 18.0. The van der Waals surface area contributed by atoms with E-state index in [1.165, 1.54) is 4.57 Å². The molecule has 2 N–H and O–H groups in total. The maximum atomic E-state index is 12.2. The van der Waals surface area contributed by atoms with Crippen LogP contribution in [0.2, 0.25) is 0 Å². The number of aromatic nitrogens is 5. The average molecular weight is 340 g/mol. The van der Waals surface area contributed by atoms with Crippen molar-refractivity contribution in [2.24, 2.45) is 7.05 Å². The molecule has 0 bridgehead atoms. The number of carbonyl (C=O) groups excluding carboxylic acids is 1. The molecule has 0 fully saturated rings. The molecule has 1 aromatic carbocycles. The first-order valence-electron chi connectivity index (χ1n) is 7.98. The molecule has 25 heavy (non-hydrogen) atoms. The SMILES string of the molecule is Cc1cc(C)n(-c2ccc(C(=O)NCCc3n[nH]c(=O)n3C)cc2)n1. The van der Waals surface area contributed by atoms with Crippen molar-refractivity contribution >= 4 is 5.91 Å². The van der Waals surface area contributed by atoms with Crippen LogP contribution in [0.1, 0.15) is 27.6 Å². The number of rotatable bonds is 5. The fourth-order valence-corrected chi connectivity index (χ4v) is 2.64. The smallest absolute Gasteiger partial charge is 0.343 e. The summed E-state index contributed by atoms with van der Waals surface area (Å²) in [5.41, 5.74) is 3.21. The second-order valence-corrected chi connectivity index (χ2v) is 5.90. The van der Waals surface area contributed by atoms with Gasteiger partial charge in [-0.05, 0) is 44.2 Å². The third kappa shape index (κ3) is 3.52. The summed E-state index contributed by atoms with van der Waals surface area (Å²) in [6, 6.07) is 9.28. The van der Waals surface area contributed by atoms with Gasteiger partial charge in [0.2, 0.25) is 0 Å². The van der Waals surface area contributed by atoms with Crippen molar-refractivity contribution in [2.45, 2.75) is 20.3 Å². The second-order valence-electron chi connectivity index (χ2n) is 5.90. The maximum absolute atomic E-state index is 12.2. The number of amides is 1. The third-order valence-corrected chi connectivity index (χ3v) is 3.99. The van der Waals surface area contributed by atoms with Gasteiger partial charge in [-0.25, -0.2) is 14.6 Å². The van der Waals surface area contributed by atoms with E-state index in [0.29, 0.717) is 24.4 Å². The van der Waals surface area contributed by atoms with Gasteiger partial charge in [0.15, 0.2) is 0 Å². The highest BCUT2D eigenvalue weighted by Crippen LogP contribution is 2.13. The summed E-state index contributed by atoms with van der Waals surface area (Å²) in [7, 11) is 1.64. The molecule has 0 radical (unpaired) electrons. The number of aromatic amines is 1. The van der Waals surface area contributed by atoms with E-state index in [4.69, 9.17) is 0 Å². The molecule has 8 heteroatoms. The van der Waals surface area contributed by atoms with Crippen LogP contribution in [-0.4, -0.2) is 37.0 Å². The van der Waals surface area contributed by atoms with Crippen molar-refractivity contribution in [2.75, 3.05) is 6.54 Å². The van der Waals surface area contributed by atoms with Gasteiger partial charge in [-0.2, -0.15) is 10.2 Å². The lowest BCUT2D eigenvalue weighted by Gasteiger charge is -2.07. The number of nitrogens with zero attached hydrogens (tertiary/aromatic N) is 4. The summed E-state index contributed by atoms with van der Waals surface area (Å²) in [6.45, 7) is 4.33. The normalized spacial score (nSPS) is 10.8. The molecule has 0 saturated heterocycles. The molecule has 0 saturated carbocycles. The van der Waals surface area contributed by atoms with E-state index in [0.717, 1.165) is 17.1 Å². The highest BCUT2D eigenvalue weighted by molar-refractivity contribution is 5.94. The minimum Gasteiger partial charge on any atom is -0.352 e. The van der Waals surface area contributed by atoms with Gasteiger partial charge in [-0.3, -0.25) is 9.36 Å². The molecule has 3 aromatic rings. The van der Waals surface area contributed by atoms with Gasteiger partial charge in [0.1, 0.15) is 5.82 Å². The van der Waals surface area contributed by atoms with Gasteiger partial charge in [0.05, 0.1) is 11.4 Å². The van der Waals surface area contributed by atoms with E-state index in [9.17, 15) is 9.59 Å². The molecule has 1 amide bonds. The first-order chi connectivity index (χ1) is 12.0. The van der Waals surface area contributed by atoms with Crippen LogP contribution < -0.4 is 11.0 Å². The number of hydrogen-bond acceptors (Lipinski definition) is 4. The van der Waals surface area contributed by atoms with Gasteiger partial charge >= 0.3 is 5.69 Å². The number of hydrogen-bond donors (Lipinski definition) is 2. The molecule has 0 aliphatic heterocycles. The molecular formula is C17H20N6O2. The summed E-state index contributed by atoms with van der Waals surface area (Å²) >= 11 is 0. The molecule has 0 atom stereocenters. The van der Waals surface area contributed by atoms with Crippen molar-refractivity contribution in [1.82, 2.24) is 29.9 Å². The fourth-order valence-electron chi connectivity index (χ4n) is 2.64. The van der Waals surface area contributed by atoms with Crippen LogP contribution in [0, 0.1) is 13.8 Å². The van der Waals surface area contributed by atoms with Crippen molar-refractivity contribution in [3.8, 4) is 5.69 Å². The van der Waals surface area contributed by atoms with Crippen LogP contribution in [0.25, 0.3) is 5.69 Å². The Labute approximate surface area is 144 Å². The zero-order valence-electron chi connectivity index (χ0n) is 14.4. The lowest BCUT2D eigenvalue weighted by atomic mass is 10.2. The third-order valence-electron chi connectivity index (χ3n) is 3.99. The van der Waals surface area contributed by atoms with E-state index in [2.05, 4.69) is 20.6 Å². The van der Waals surface area contributed by atoms with Crippen molar-refractivity contribution in [3.63, 3.8) is 0 Å². The number of nitrogens with one attached hydrogen (secondary N) is 2. The molecule has 0 spiro atoms. The molecule has 130 valence electrons. The number of aryl methyl sites for hydroxylation is 2. The Balaban J connectivity index is 1.62. The highest BCUT2D eigenvalue weighted by atomic mass is 16.2. The first kappa shape index (κ1) is 16.7.